The summed E-state index contributed by atoms with van der Waals surface area (Å²) in [5.74, 6) is -0.740. The quantitative estimate of drug-likeness (QED) is 0.859. The molecular weight excluding hydrogens is 332 g/mol. The van der Waals surface area contributed by atoms with Gasteiger partial charge in [-0.15, -0.1) is 11.3 Å². The molecule has 122 valence electrons. The maximum Gasteiger partial charge on any atom is 0.308 e. The second-order valence-corrected chi connectivity index (χ2v) is 8.16. The largest absolute Gasteiger partial charge is 0.481 e. The van der Waals surface area contributed by atoms with E-state index in [4.69, 9.17) is 0 Å². The van der Waals surface area contributed by atoms with Gasteiger partial charge in [0, 0.05) is 13.1 Å². The zero-order valence-electron chi connectivity index (χ0n) is 12.8. The Bertz CT molecular complexity index is 698. The first kappa shape index (κ1) is 16.3. The van der Waals surface area contributed by atoms with Crippen molar-refractivity contribution in [1.29, 1.82) is 0 Å². The summed E-state index contributed by atoms with van der Waals surface area (Å²) < 4.78 is 1.99. The number of fused-ring (bicyclic) bond motifs is 1. The van der Waals surface area contributed by atoms with Crippen molar-refractivity contribution < 1.29 is 14.7 Å². The van der Waals surface area contributed by atoms with Crippen molar-refractivity contribution in [2.24, 2.45) is 11.8 Å². The molecule has 1 aliphatic heterocycles. The number of para-hydroxylation sites is 1. The first-order chi connectivity index (χ1) is 11.0. The topological polar surface area (TPSA) is 70.5 Å². The standard InChI is InChI=1S/C16H18N2O3S2/c1-10-6-11(15(20)21)8-18(7-10)14(19)9-22-16-17-12-4-2-3-5-13(12)23-16/h2-5,10-11H,6-9H2,1H3,(H,20,21). The van der Waals surface area contributed by atoms with Crippen molar-refractivity contribution in [2.45, 2.75) is 17.7 Å². The van der Waals surface area contributed by atoms with Gasteiger partial charge in [-0.2, -0.15) is 0 Å². The van der Waals surface area contributed by atoms with Crippen LogP contribution in [0.25, 0.3) is 10.2 Å². The summed E-state index contributed by atoms with van der Waals surface area (Å²) in [6.45, 7) is 2.96. The van der Waals surface area contributed by atoms with Gasteiger partial charge in [0.1, 0.15) is 0 Å². The maximum absolute atomic E-state index is 12.4. The van der Waals surface area contributed by atoms with Crippen LogP contribution >= 0.6 is 23.1 Å². The minimum atomic E-state index is -0.812. The number of piperidine rings is 1. The minimum Gasteiger partial charge on any atom is -0.481 e. The number of carboxylic acid groups (broad SMARTS) is 1. The van der Waals surface area contributed by atoms with Gasteiger partial charge in [0.2, 0.25) is 5.91 Å². The number of likely N-dealkylation sites (tertiary alicyclic amines) is 1. The molecule has 7 heteroatoms. The number of aromatic nitrogens is 1. The number of benzene rings is 1. The number of thioether (sulfide) groups is 1. The molecule has 2 unspecified atom stereocenters. The Morgan fingerprint density at radius 2 is 2.17 bits per heavy atom. The van der Waals surface area contributed by atoms with Crippen LogP contribution in [0, 0.1) is 11.8 Å². The highest BCUT2D eigenvalue weighted by molar-refractivity contribution is 8.01. The van der Waals surface area contributed by atoms with Crippen molar-refractivity contribution in [2.75, 3.05) is 18.8 Å². The number of thiazole rings is 1. The lowest BCUT2D eigenvalue weighted by Crippen LogP contribution is -2.46. The van der Waals surface area contributed by atoms with Crippen LogP contribution in [0.15, 0.2) is 28.6 Å². The van der Waals surface area contributed by atoms with Crippen LogP contribution in [-0.2, 0) is 9.59 Å². The zero-order valence-corrected chi connectivity index (χ0v) is 14.4. The number of carbonyl (C=O) groups excluding carboxylic acids is 1. The Hall–Kier alpha value is -1.60. The van der Waals surface area contributed by atoms with Crippen LogP contribution in [-0.4, -0.2) is 45.7 Å². The van der Waals surface area contributed by atoms with E-state index in [9.17, 15) is 14.7 Å². The molecule has 0 spiro atoms. The van der Waals surface area contributed by atoms with Gasteiger partial charge in [-0.3, -0.25) is 9.59 Å². The summed E-state index contributed by atoms with van der Waals surface area (Å²) in [6, 6.07) is 7.90. The number of nitrogens with zero attached hydrogens (tertiary/aromatic N) is 2. The summed E-state index contributed by atoms with van der Waals surface area (Å²) >= 11 is 3.01. The number of carboxylic acids is 1. The summed E-state index contributed by atoms with van der Waals surface area (Å²) in [7, 11) is 0. The van der Waals surface area contributed by atoms with Crippen molar-refractivity contribution in [3.8, 4) is 0 Å². The summed E-state index contributed by atoms with van der Waals surface area (Å²) in [6.07, 6.45) is 0.643. The molecule has 1 aliphatic rings. The number of aliphatic carboxylic acids is 1. The summed E-state index contributed by atoms with van der Waals surface area (Å²) in [5, 5.41) is 9.19. The monoisotopic (exact) mass is 350 g/mol. The van der Waals surface area contributed by atoms with Gasteiger partial charge >= 0.3 is 5.97 Å². The molecule has 2 aromatic rings. The van der Waals surface area contributed by atoms with Crippen molar-refractivity contribution in [1.82, 2.24) is 9.88 Å². The van der Waals surface area contributed by atoms with Gasteiger partial charge in [0.05, 0.1) is 21.9 Å². The molecule has 23 heavy (non-hydrogen) atoms. The van der Waals surface area contributed by atoms with Crippen LogP contribution in [0.4, 0.5) is 0 Å². The van der Waals surface area contributed by atoms with Crippen molar-refractivity contribution in [3.63, 3.8) is 0 Å². The fourth-order valence-corrected chi connectivity index (χ4v) is 4.83. The van der Waals surface area contributed by atoms with E-state index in [1.54, 1.807) is 16.2 Å². The third-order valence-electron chi connectivity index (χ3n) is 3.96. The van der Waals surface area contributed by atoms with Gasteiger partial charge in [-0.25, -0.2) is 4.98 Å². The van der Waals surface area contributed by atoms with Gasteiger partial charge in [0.25, 0.3) is 0 Å². The van der Waals surface area contributed by atoms with E-state index >= 15 is 0 Å². The molecule has 1 aromatic carbocycles. The Labute approximate surface area is 142 Å². The smallest absolute Gasteiger partial charge is 0.308 e. The fourth-order valence-electron chi connectivity index (χ4n) is 2.86. The van der Waals surface area contributed by atoms with Gasteiger partial charge in [-0.05, 0) is 24.5 Å². The second-order valence-electron chi connectivity index (χ2n) is 5.91. The van der Waals surface area contributed by atoms with E-state index in [2.05, 4.69) is 4.98 Å². The van der Waals surface area contributed by atoms with E-state index in [-0.39, 0.29) is 11.8 Å². The van der Waals surface area contributed by atoms with Crippen LogP contribution in [0.1, 0.15) is 13.3 Å². The molecule has 1 N–H and O–H groups in total. The fraction of sp³-hybridized carbons (Fsp3) is 0.438. The van der Waals surface area contributed by atoms with E-state index < -0.39 is 11.9 Å². The third kappa shape index (κ3) is 3.84. The summed E-state index contributed by atoms with van der Waals surface area (Å²) in [5.41, 5.74) is 0.949. The normalized spacial score (nSPS) is 21.5. The van der Waals surface area contributed by atoms with Gasteiger partial charge < -0.3 is 10.0 Å². The predicted molar refractivity (Wildman–Crippen MR) is 91.8 cm³/mol. The van der Waals surface area contributed by atoms with E-state index in [0.29, 0.717) is 25.3 Å². The van der Waals surface area contributed by atoms with E-state index in [1.165, 1.54) is 11.8 Å². The van der Waals surface area contributed by atoms with E-state index in [0.717, 1.165) is 14.6 Å². The minimum absolute atomic E-state index is 0.00736. The Morgan fingerprint density at radius 1 is 1.39 bits per heavy atom. The lowest BCUT2D eigenvalue weighted by atomic mass is 9.90. The number of amides is 1. The van der Waals surface area contributed by atoms with Crippen LogP contribution in [0.3, 0.4) is 0 Å². The first-order valence-electron chi connectivity index (χ1n) is 7.52. The molecule has 0 bridgehead atoms. The molecule has 3 rings (SSSR count). The zero-order chi connectivity index (χ0) is 16.4. The molecule has 2 heterocycles. The lowest BCUT2D eigenvalue weighted by molar-refractivity contribution is -0.146. The maximum atomic E-state index is 12.4. The molecule has 0 saturated carbocycles. The van der Waals surface area contributed by atoms with E-state index in [1.807, 2.05) is 31.2 Å². The average Bonchev–Trinajstić information content (AvgIpc) is 2.94. The molecule has 2 atom stereocenters. The summed E-state index contributed by atoms with van der Waals surface area (Å²) in [4.78, 5) is 29.8. The number of hydrogen-bond donors (Lipinski definition) is 1. The second kappa shape index (κ2) is 6.88. The molecule has 0 radical (unpaired) electrons. The molecule has 5 nitrogen and oxygen atoms in total. The Balaban J connectivity index is 1.61. The van der Waals surface area contributed by atoms with Crippen LogP contribution in [0.2, 0.25) is 0 Å². The molecule has 1 amide bonds. The molecular formula is C16H18N2O3S2. The number of hydrogen-bond acceptors (Lipinski definition) is 5. The Morgan fingerprint density at radius 3 is 2.91 bits per heavy atom. The predicted octanol–water partition coefficient (Wildman–Crippen LogP) is 2.96. The molecule has 1 fully saturated rings. The molecule has 1 saturated heterocycles. The average molecular weight is 350 g/mol. The third-order valence-corrected chi connectivity index (χ3v) is 6.12. The van der Waals surface area contributed by atoms with Crippen LogP contribution < -0.4 is 0 Å². The highest BCUT2D eigenvalue weighted by atomic mass is 32.2. The highest BCUT2D eigenvalue weighted by Crippen LogP contribution is 2.30. The van der Waals surface area contributed by atoms with Gasteiger partial charge in [-0.1, -0.05) is 30.8 Å². The molecule has 1 aromatic heterocycles. The SMILES string of the molecule is CC1CC(C(=O)O)CN(C(=O)CSc2nc3ccccc3s2)C1. The Kier molecular flexibility index (Phi) is 4.87. The number of rotatable bonds is 4. The van der Waals surface area contributed by atoms with Crippen molar-refractivity contribution in [3.05, 3.63) is 24.3 Å². The van der Waals surface area contributed by atoms with Crippen LogP contribution in [0.5, 0.6) is 0 Å². The number of carbonyl (C=O) groups is 2. The first-order valence-corrected chi connectivity index (χ1v) is 9.32. The molecule has 0 aliphatic carbocycles. The van der Waals surface area contributed by atoms with Gasteiger partial charge in [0.15, 0.2) is 4.34 Å². The highest BCUT2D eigenvalue weighted by Gasteiger charge is 2.31. The lowest BCUT2D eigenvalue weighted by Gasteiger charge is -2.34. The van der Waals surface area contributed by atoms with Crippen molar-refractivity contribution >= 4 is 45.2 Å².